The van der Waals surface area contributed by atoms with Crippen molar-refractivity contribution in [3.63, 3.8) is 0 Å². The van der Waals surface area contributed by atoms with E-state index in [0.29, 0.717) is 0 Å². The van der Waals surface area contributed by atoms with Gasteiger partial charge in [-0.1, -0.05) is 0 Å². The van der Waals surface area contributed by atoms with E-state index < -0.39 is 63.8 Å². The fourth-order valence-electron chi connectivity index (χ4n) is 1.86. The van der Waals surface area contributed by atoms with Gasteiger partial charge in [0.1, 0.15) is 5.69 Å². The third-order valence-electron chi connectivity index (χ3n) is 3.13. The molecule has 2 N–H and O–H groups in total. The zero-order valence-electron chi connectivity index (χ0n) is 13.9. The Morgan fingerprint density at radius 1 is 0.933 bits per heavy atom. The number of nitrogens with one attached hydrogen (secondary N) is 2. The number of hydrogen-bond donors (Lipinski definition) is 2. The van der Waals surface area contributed by atoms with Crippen LogP contribution in [0.5, 0.6) is 5.75 Å². The number of carbonyl (C=O) groups excluding carboxylic acids is 2. The van der Waals surface area contributed by atoms with E-state index in [2.05, 4.69) is 25.4 Å². The molecule has 17 heteroatoms. The highest BCUT2D eigenvalue weighted by Crippen LogP contribution is 2.55. The van der Waals surface area contributed by atoms with E-state index in [1.807, 2.05) is 0 Å². The van der Waals surface area contributed by atoms with Crippen LogP contribution in [0, 0.1) is 0 Å². The van der Waals surface area contributed by atoms with Crippen molar-refractivity contribution in [1.82, 2.24) is 5.43 Å². The Morgan fingerprint density at radius 3 is 1.83 bits per heavy atom. The van der Waals surface area contributed by atoms with E-state index >= 15 is 0 Å². The first-order chi connectivity index (χ1) is 13.3. The average Bonchev–Trinajstić information content (AvgIpc) is 2.55. The van der Waals surface area contributed by atoms with Crippen LogP contribution in [-0.4, -0.2) is 37.7 Å². The fourth-order valence-corrected chi connectivity index (χ4v) is 2.40. The molecule has 0 aliphatic rings. The number of amides is 1. The molecule has 0 bridgehead atoms. The minimum absolute atomic E-state index is 0.142. The van der Waals surface area contributed by atoms with Crippen molar-refractivity contribution in [2.75, 3.05) is 12.5 Å². The lowest BCUT2D eigenvalue weighted by Gasteiger charge is -2.31. The standard InChI is InChI=1S/C13H7BrF10N2O4/c1-29-9(28)8(27)26-25-7-5(14)2-4(3-6(7)30-13(22,23)24)10(15,11(16,17)18)12(19,20)21/h2-3,25H,1H3,(H,26,27). The van der Waals surface area contributed by atoms with Crippen molar-refractivity contribution >= 4 is 33.5 Å². The molecule has 6 nitrogen and oxygen atoms in total. The molecule has 0 spiro atoms. The number of ether oxygens (including phenoxy) is 2. The molecule has 0 saturated heterocycles. The molecule has 0 radical (unpaired) electrons. The van der Waals surface area contributed by atoms with Gasteiger partial charge in [0.15, 0.2) is 5.75 Å². The molecule has 1 rings (SSSR count). The van der Waals surface area contributed by atoms with Gasteiger partial charge in [0, 0.05) is 10.0 Å². The SMILES string of the molecule is COC(=O)C(=O)NNc1c(Br)cc(C(F)(C(F)(F)F)C(F)(F)F)cc1OC(F)(F)F. The van der Waals surface area contributed by atoms with Gasteiger partial charge in [0.25, 0.3) is 0 Å². The Morgan fingerprint density at radius 2 is 1.43 bits per heavy atom. The first kappa shape index (κ1) is 25.6. The predicted molar refractivity (Wildman–Crippen MR) is 79.5 cm³/mol. The van der Waals surface area contributed by atoms with Gasteiger partial charge >= 0.3 is 36.3 Å². The fraction of sp³-hybridized carbons (Fsp3) is 0.385. The Labute approximate surface area is 167 Å². The van der Waals surface area contributed by atoms with E-state index in [9.17, 15) is 53.5 Å². The van der Waals surface area contributed by atoms with Crippen molar-refractivity contribution in [3.05, 3.63) is 22.2 Å². The summed E-state index contributed by atoms with van der Waals surface area (Å²) in [4.78, 5) is 22.2. The predicted octanol–water partition coefficient (Wildman–Crippen LogP) is 4.25. The molecule has 0 aliphatic carbocycles. The highest BCUT2D eigenvalue weighted by atomic mass is 79.9. The lowest BCUT2D eigenvalue weighted by atomic mass is 9.93. The van der Waals surface area contributed by atoms with Gasteiger partial charge < -0.3 is 9.47 Å². The van der Waals surface area contributed by atoms with Crippen LogP contribution >= 0.6 is 15.9 Å². The molecule has 0 heterocycles. The molecule has 0 aromatic heterocycles. The van der Waals surface area contributed by atoms with Gasteiger partial charge in [-0.2, -0.15) is 26.3 Å². The maximum Gasteiger partial charge on any atom is 0.573 e. The van der Waals surface area contributed by atoms with Crippen LogP contribution < -0.4 is 15.6 Å². The molecule has 0 aliphatic heterocycles. The number of methoxy groups -OCH3 is 1. The largest absolute Gasteiger partial charge is 0.573 e. The lowest BCUT2D eigenvalue weighted by molar-refractivity contribution is -0.348. The zero-order chi connectivity index (χ0) is 23.7. The quantitative estimate of drug-likeness (QED) is 0.266. The van der Waals surface area contributed by atoms with Crippen molar-refractivity contribution in [2.24, 2.45) is 0 Å². The van der Waals surface area contributed by atoms with Crippen LogP contribution in [0.2, 0.25) is 0 Å². The molecular formula is C13H7BrF10N2O4. The average molecular weight is 525 g/mol. The molecule has 0 atom stereocenters. The lowest BCUT2D eigenvalue weighted by Crippen LogP contribution is -2.50. The van der Waals surface area contributed by atoms with Crippen LogP contribution in [0.1, 0.15) is 5.56 Å². The summed E-state index contributed by atoms with van der Waals surface area (Å²) in [7, 11) is 0.750. The molecule has 30 heavy (non-hydrogen) atoms. The second-order valence-corrected chi connectivity index (χ2v) is 5.96. The molecule has 0 fully saturated rings. The normalized spacial score (nSPS) is 12.9. The Balaban J connectivity index is 3.61. The van der Waals surface area contributed by atoms with Gasteiger partial charge in [-0.15, -0.1) is 13.2 Å². The van der Waals surface area contributed by atoms with Gasteiger partial charge in [0.2, 0.25) is 0 Å². The highest BCUT2D eigenvalue weighted by Gasteiger charge is 2.73. The second kappa shape index (κ2) is 8.35. The number of benzene rings is 1. The number of hydrazine groups is 1. The summed E-state index contributed by atoms with van der Waals surface area (Å²) < 4.78 is 135. The molecule has 1 amide bonds. The van der Waals surface area contributed by atoms with Crippen LogP contribution in [-0.2, 0) is 20.0 Å². The van der Waals surface area contributed by atoms with Crippen LogP contribution in [0.15, 0.2) is 16.6 Å². The summed E-state index contributed by atoms with van der Waals surface area (Å²) in [5, 5.41) is 0. The summed E-state index contributed by atoms with van der Waals surface area (Å²) in [6.07, 6.45) is -18.9. The Bertz CT molecular complexity index is 808. The van der Waals surface area contributed by atoms with Crippen LogP contribution in [0.25, 0.3) is 0 Å². The molecule has 0 unspecified atom stereocenters. The maximum absolute atomic E-state index is 14.2. The van der Waals surface area contributed by atoms with E-state index in [1.54, 1.807) is 5.43 Å². The Hall–Kier alpha value is -2.46. The van der Waals surface area contributed by atoms with Gasteiger partial charge in [-0.25, -0.2) is 9.18 Å². The monoisotopic (exact) mass is 524 g/mol. The van der Waals surface area contributed by atoms with E-state index in [-0.39, 0.29) is 6.07 Å². The number of esters is 1. The number of anilines is 1. The van der Waals surface area contributed by atoms with Gasteiger partial charge in [0.05, 0.1) is 7.11 Å². The van der Waals surface area contributed by atoms with Crippen molar-refractivity contribution in [3.8, 4) is 5.75 Å². The van der Waals surface area contributed by atoms with Crippen molar-refractivity contribution in [2.45, 2.75) is 24.4 Å². The summed E-state index contributed by atoms with van der Waals surface area (Å²) in [6.45, 7) is 0. The van der Waals surface area contributed by atoms with Crippen molar-refractivity contribution < 1.29 is 63.0 Å². The number of halogens is 11. The maximum atomic E-state index is 14.2. The highest BCUT2D eigenvalue weighted by molar-refractivity contribution is 9.10. The molecule has 170 valence electrons. The number of hydrogen-bond acceptors (Lipinski definition) is 5. The van der Waals surface area contributed by atoms with E-state index in [1.165, 1.54) is 5.43 Å². The summed E-state index contributed by atoms with van der Waals surface area (Å²) in [5.41, 5.74) is -6.40. The zero-order valence-corrected chi connectivity index (χ0v) is 15.5. The third-order valence-corrected chi connectivity index (χ3v) is 3.76. The topological polar surface area (TPSA) is 76.7 Å². The number of carbonyl (C=O) groups is 2. The van der Waals surface area contributed by atoms with E-state index in [4.69, 9.17) is 0 Å². The Kier molecular flexibility index (Phi) is 7.12. The first-order valence-electron chi connectivity index (χ1n) is 6.91. The minimum Gasteiger partial charge on any atom is -0.462 e. The third kappa shape index (κ3) is 5.37. The molecule has 1 aromatic carbocycles. The van der Waals surface area contributed by atoms with Crippen LogP contribution in [0.4, 0.5) is 49.6 Å². The van der Waals surface area contributed by atoms with Crippen molar-refractivity contribution in [1.29, 1.82) is 0 Å². The van der Waals surface area contributed by atoms with Gasteiger partial charge in [-0.3, -0.25) is 15.6 Å². The summed E-state index contributed by atoms with van der Waals surface area (Å²) >= 11 is 2.36. The summed E-state index contributed by atoms with van der Waals surface area (Å²) in [5.74, 6) is -4.98. The summed E-state index contributed by atoms with van der Waals surface area (Å²) in [6, 6.07) is -0.664. The first-order valence-corrected chi connectivity index (χ1v) is 7.71. The van der Waals surface area contributed by atoms with Gasteiger partial charge in [-0.05, 0) is 28.1 Å². The molecule has 0 saturated carbocycles. The smallest absolute Gasteiger partial charge is 0.462 e. The molecule has 1 aromatic rings. The second-order valence-electron chi connectivity index (χ2n) is 5.10. The number of rotatable bonds is 4. The minimum atomic E-state index is -6.62. The molecular weight excluding hydrogens is 518 g/mol. The number of alkyl halides is 10. The van der Waals surface area contributed by atoms with Crippen LogP contribution in [0.3, 0.4) is 0 Å². The van der Waals surface area contributed by atoms with E-state index in [0.717, 1.165) is 7.11 Å².